The van der Waals surface area contributed by atoms with Crippen molar-refractivity contribution in [2.45, 2.75) is 33.1 Å². The van der Waals surface area contributed by atoms with E-state index >= 15 is 0 Å². The highest BCUT2D eigenvalue weighted by atomic mass is 32.1. The summed E-state index contributed by atoms with van der Waals surface area (Å²) in [7, 11) is 0. The minimum absolute atomic E-state index is 0.775. The van der Waals surface area contributed by atoms with Gasteiger partial charge in [0.05, 0.1) is 5.39 Å². The molecule has 1 fully saturated rings. The molecule has 0 bridgehead atoms. The third-order valence-corrected chi connectivity index (χ3v) is 4.81. The van der Waals surface area contributed by atoms with E-state index in [0.29, 0.717) is 0 Å². The van der Waals surface area contributed by atoms with E-state index in [1.807, 2.05) is 0 Å². The molecule has 5 heteroatoms. The molecular formula is C15H22N4S. The van der Waals surface area contributed by atoms with Crippen LogP contribution in [0.2, 0.25) is 0 Å². The highest BCUT2D eigenvalue weighted by Gasteiger charge is 2.24. The first kappa shape index (κ1) is 13.6. The van der Waals surface area contributed by atoms with Crippen molar-refractivity contribution in [3.05, 3.63) is 11.4 Å². The Labute approximate surface area is 124 Å². The van der Waals surface area contributed by atoms with Gasteiger partial charge in [-0.1, -0.05) is 20.3 Å². The van der Waals surface area contributed by atoms with Crippen LogP contribution in [0.1, 0.15) is 33.1 Å². The van der Waals surface area contributed by atoms with Gasteiger partial charge in [-0.2, -0.15) is 4.98 Å². The SMILES string of the molecule is CCCNc1nc(N2CCC(CC)C2)c2ccsc2n1. The minimum Gasteiger partial charge on any atom is -0.356 e. The van der Waals surface area contributed by atoms with Crippen LogP contribution >= 0.6 is 11.3 Å². The Balaban J connectivity index is 1.93. The molecule has 2 aromatic heterocycles. The summed E-state index contributed by atoms with van der Waals surface area (Å²) < 4.78 is 0. The van der Waals surface area contributed by atoms with Crippen LogP contribution in [0.15, 0.2) is 11.4 Å². The van der Waals surface area contributed by atoms with E-state index in [9.17, 15) is 0 Å². The Morgan fingerprint density at radius 1 is 1.40 bits per heavy atom. The number of fused-ring (bicyclic) bond motifs is 1. The summed E-state index contributed by atoms with van der Waals surface area (Å²) in [5.41, 5.74) is 0. The highest BCUT2D eigenvalue weighted by molar-refractivity contribution is 7.16. The molecule has 1 saturated heterocycles. The van der Waals surface area contributed by atoms with Gasteiger partial charge in [-0.3, -0.25) is 0 Å². The Morgan fingerprint density at radius 3 is 3.05 bits per heavy atom. The van der Waals surface area contributed by atoms with Crippen LogP contribution in [-0.4, -0.2) is 29.6 Å². The number of hydrogen-bond donors (Lipinski definition) is 1. The fourth-order valence-electron chi connectivity index (χ4n) is 2.75. The van der Waals surface area contributed by atoms with E-state index in [2.05, 4.69) is 40.5 Å². The van der Waals surface area contributed by atoms with Gasteiger partial charge in [-0.25, -0.2) is 4.98 Å². The zero-order valence-electron chi connectivity index (χ0n) is 12.2. The van der Waals surface area contributed by atoms with E-state index in [0.717, 1.165) is 48.6 Å². The molecule has 3 rings (SSSR count). The fourth-order valence-corrected chi connectivity index (χ4v) is 3.51. The van der Waals surface area contributed by atoms with Gasteiger partial charge in [-0.05, 0) is 30.2 Å². The summed E-state index contributed by atoms with van der Waals surface area (Å²) in [6, 6.07) is 2.15. The van der Waals surface area contributed by atoms with Crippen molar-refractivity contribution in [2.75, 3.05) is 29.9 Å². The van der Waals surface area contributed by atoms with Crippen molar-refractivity contribution in [2.24, 2.45) is 5.92 Å². The van der Waals surface area contributed by atoms with Crippen molar-refractivity contribution < 1.29 is 0 Å². The maximum Gasteiger partial charge on any atom is 0.226 e. The van der Waals surface area contributed by atoms with Crippen LogP contribution in [0.3, 0.4) is 0 Å². The molecule has 1 unspecified atom stereocenters. The van der Waals surface area contributed by atoms with Crippen LogP contribution in [0.4, 0.5) is 11.8 Å². The predicted molar refractivity (Wildman–Crippen MR) is 86.8 cm³/mol. The van der Waals surface area contributed by atoms with Gasteiger partial charge in [0.2, 0.25) is 5.95 Å². The molecule has 4 nitrogen and oxygen atoms in total. The first-order chi connectivity index (χ1) is 9.81. The van der Waals surface area contributed by atoms with Crippen molar-refractivity contribution in [3.8, 4) is 0 Å². The molecule has 1 aliphatic heterocycles. The van der Waals surface area contributed by atoms with Gasteiger partial charge in [0.1, 0.15) is 10.6 Å². The minimum atomic E-state index is 0.775. The standard InChI is InChI=1S/C15H22N4S/c1-3-7-16-15-17-13(12-6-9-20-14(12)18-15)19-8-5-11(4-2)10-19/h6,9,11H,3-5,7-8,10H2,1-2H3,(H,16,17,18). The molecule has 1 aliphatic rings. The Kier molecular flexibility index (Phi) is 4.05. The molecule has 0 radical (unpaired) electrons. The summed E-state index contributed by atoms with van der Waals surface area (Å²) in [5.74, 6) is 2.70. The van der Waals surface area contributed by atoms with Gasteiger partial charge >= 0.3 is 0 Å². The smallest absolute Gasteiger partial charge is 0.226 e. The molecule has 0 amide bonds. The van der Waals surface area contributed by atoms with E-state index < -0.39 is 0 Å². The summed E-state index contributed by atoms with van der Waals surface area (Å²) in [4.78, 5) is 12.9. The summed E-state index contributed by atoms with van der Waals surface area (Å²) >= 11 is 1.70. The van der Waals surface area contributed by atoms with Crippen LogP contribution in [-0.2, 0) is 0 Å². The zero-order valence-corrected chi connectivity index (χ0v) is 13.0. The molecule has 2 aromatic rings. The zero-order chi connectivity index (χ0) is 13.9. The highest BCUT2D eigenvalue weighted by Crippen LogP contribution is 2.32. The normalized spacial score (nSPS) is 18.9. The second-order valence-electron chi connectivity index (χ2n) is 5.45. The maximum absolute atomic E-state index is 4.77. The lowest BCUT2D eigenvalue weighted by Crippen LogP contribution is -2.21. The van der Waals surface area contributed by atoms with Gasteiger partial charge in [0.25, 0.3) is 0 Å². The molecule has 1 N–H and O–H groups in total. The third-order valence-electron chi connectivity index (χ3n) is 4.00. The molecular weight excluding hydrogens is 268 g/mol. The largest absolute Gasteiger partial charge is 0.356 e. The Morgan fingerprint density at radius 2 is 2.30 bits per heavy atom. The lowest BCUT2D eigenvalue weighted by molar-refractivity contribution is 0.569. The predicted octanol–water partition coefficient (Wildman–Crippen LogP) is 3.75. The van der Waals surface area contributed by atoms with Crippen molar-refractivity contribution >= 4 is 33.3 Å². The Hall–Kier alpha value is -1.36. The average Bonchev–Trinajstić information content (AvgIpc) is 3.12. The molecule has 3 heterocycles. The first-order valence-corrected chi connectivity index (χ1v) is 8.43. The number of hydrogen-bond acceptors (Lipinski definition) is 5. The second kappa shape index (κ2) is 5.95. The maximum atomic E-state index is 4.77. The topological polar surface area (TPSA) is 41.1 Å². The van der Waals surface area contributed by atoms with Gasteiger partial charge < -0.3 is 10.2 Å². The lowest BCUT2D eigenvalue weighted by atomic mass is 10.1. The molecule has 0 saturated carbocycles. The lowest BCUT2D eigenvalue weighted by Gasteiger charge is -2.19. The van der Waals surface area contributed by atoms with Crippen molar-refractivity contribution in [1.82, 2.24) is 9.97 Å². The molecule has 0 spiro atoms. The first-order valence-electron chi connectivity index (χ1n) is 7.55. The number of aromatic nitrogens is 2. The summed E-state index contributed by atoms with van der Waals surface area (Å²) in [6.07, 6.45) is 3.63. The number of thiophene rings is 1. The third kappa shape index (κ3) is 2.59. The monoisotopic (exact) mass is 290 g/mol. The molecule has 0 aromatic carbocycles. The van der Waals surface area contributed by atoms with E-state index in [1.54, 1.807) is 11.3 Å². The summed E-state index contributed by atoms with van der Waals surface area (Å²) in [5, 5.41) is 6.64. The number of nitrogens with one attached hydrogen (secondary N) is 1. The van der Waals surface area contributed by atoms with E-state index in [-0.39, 0.29) is 0 Å². The van der Waals surface area contributed by atoms with Crippen molar-refractivity contribution in [1.29, 1.82) is 0 Å². The number of rotatable bonds is 5. The van der Waals surface area contributed by atoms with Crippen molar-refractivity contribution in [3.63, 3.8) is 0 Å². The molecule has 20 heavy (non-hydrogen) atoms. The van der Waals surface area contributed by atoms with Gasteiger partial charge in [-0.15, -0.1) is 11.3 Å². The van der Waals surface area contributed by atoms with Crippen LogP contribution in [0.5, 0.6) is 0 Å². The van der Waals surface area contributed by atoms with Gasteiger partial charge in [0.15, 0.2) is 0 Å². The van der Waals surface area contributed by atoms with Crippen LogP contribution < -0.4 is 10.2 Å². The number of anilines is 2. The number of nitrogens with zero attached hydrogens (tertiary/aromatic N) is 3. The van der Waals surface area contributed by atoms with Gasteiger partial charge in [0, 0.05) is 19.6 Å². The van der Waals surface area contributed by atoms with E-state index in [4.69, 9.17) is 4.98 Å². The summed E-state index contributed by atoms with van der Waals surface area (Å²) in [6.45, 7) is 7.61. The Bertz CT molecular complexity index is 580. The fraction of sp³-hybridized carbons (Fsp3) is 0.600. The van der Waals surface area contributed by atoms with E-state index in [1.165, 1.54) is 18.2 Å². The molecule has 0 aliphatic carbocycles. The molecule has 1 atom stereocenters. The average molecular weight is 290 g/mol. The van der Waals surface area contributed by atoms with Crippen LogP contribution in [0, 0.1) is 5.92 Å². The quantitative estimate of drug-likeness (QED) is 0.910. The molecule has 108 valence electrons. The second-order valence-corrected chi connectivity index (χ2v) is 6.34. The van der Waals surface area contributed by atoms with Crippen LogP contribution in [0.25, 0.3) is 10.2 Å².